The summed E-state index contributed by atoms with van der Waals surface area (Å²) in [4.78, 5) is 1.16. The Balaban J connectivity index is 0.00000300. The monoisotopic (exact) mass is 424 g/mol. The number of hydrogen-bond donors (Lipinski definition) is 0. The molecule has 2 unspecified atom stereocenters. The Morgan fingerprint density at radius 2 is 2.07 bits per heavy atom. The standard InChI is InChI=1S/C23H33O3SSi.Li/c1-23(2,3)28(4,5)25-17-18-10-8-11-19(16-18)22(20-12-9-15-27-20)26-21-13-6-7-14-24-21;/h8,10-12,15-16,21-22H,6-7,13-14,17H2,1-5H3;/q-1;+1. The van der Waals surface area contributed by atoms with Crippen molar-refractivity contribution in [2.75, 3.05) is 6.61 Å². The van der Waals surface area contributed by atoms with E-state index in [1.54, 1.807) is 11.3 Å². The van der Waals surface area contributed by atoms with Gasteiger partial charge in [-0.1, -0.05) is 45.0 Å². The van der Waals surface area contributed by atoms with Gasteiger partial charge in [0, 0.05) is 6.61 Å². The zero-order valence-electron chi connectivity index (χ0n) is 18.8. The number of ether oxygens (including phenoxy) is 2. The van der Waals surface area contributed by atoms with Crippen LogP contribution in [0.3, 0.4) is 0 Å². The summed E-state index contributed by atoms with van der Waals surface area (Å²) in [5, 5.41) is 2.19. The molecule has 1 fully saturated rings. The van der Waals surface area contributed by atoms with Gasteiger partial charge in [0.1, 0.15) is 0 Å². The van der Waals surface area contributed by atoms with Crippen LogP contribution in [0.4, 0.5) is 0 Å². The van der Waals surface area contributed by atoms with Crippen molar-refractivity contribution < 1.29 is 32.8 Å². The van der Waals surface area contributed by atoms with Crippen LogP contribution in [0.2, 0.25) is 18.1 Å². The van der Waals surface area contributed by atoms with Gasteiger partial charge in [-0.3, -0.25) is 11.3 Å². The Labute approximate surface area is 193 Å². The summed E-state index contributed by atoms with van der Waals surface area (Å²) in [7, 11) is -1.77. The molecule has 6 heteroatoms. The molecule has 0 bridgehead atoms. The van der Waals surface area contributed by atoms with Gasteiger partial charge in [0.25, 0.3) is 0 Å². The molecule has 1 aromatic carbocycles. The van der Waals surface area contributed by atoms with Crippen molar-refractivity contribution in [2.45, 2.75) is 77.2 Å². The van der Waals surface area contributed by atoms with Crippen LogP contribution in [0.5, 0.6) is 0 Å². The van der Waals surface area contributed by atoms with Gasteiger partial charge in [-0.05, 0) is 48.5 Å². The zero-order chi connectivity index (χ0) is 20.2. The van der Waals surface area contributed by atoms with E-state index >= 15 is 0 Å². The summed E-state index contributed by atoms with van der Waals surface area (Å²) in [6, 6.07) is 13.8. The largest absolute Gasteiger partial charge is 1.00 e. The second-order valence-electron chi connectivity index (χ2n) is 9.06. The van der Waals surface area contributed by atoms with E-state index in [9.17, 15) is 0 Å². The Hall–Kier alpha value is -0.386. The third-order valence-corrected chi connectivity index (χ3v) is 11.2. The number of thiophene rings is 1. The Kier molecular flexibility index (Phi) is 9.24. The zero-order valence-corrected chi connectivity index (χ0v) is 20.6. The van der Waals surface area contributed by atoms with E-state index in [0.29, 0.717) is 6.61 Å². The third-order valence-electron chi connectivity index (χ3n) is 5.83. The van der Waals surface area contributed by atoms with E-state index in [1.165, 1.54) is 5.56 Å². The van der Waals surface area contributed by atoms with Crippen LogP contribution in [0.1, 0.15) is 62.1 Å². The Bertz CT molecular complexity index is 737. The van der Waals surface area contributed by atoms with E-state index in [0.717, 1.165) is 36.3 Å². The summed E-state index contributed by atoms with van der Waals surface area (Å²) in [5.74, 6) is 0. The van der Waals surface area contributed by atoms with E-state index in [-0.39, 0.29) is 36.3 Å². The summed E-state index contributed by atoms with van der Waals surface area (Å²) < 4.78 is 18.7. The van der Waals surface area contributed by atoms with Crippen LogP contribution in [-0.4, -0.2) is 21.2 Å². The molecular weight excluding hydrogens is 391 g/mol. The molecule has 3 rings (SSSR count). The fraction of sp³-hybridized carbons (Fsp3) is 0.565. The predicted octanol–water partition coefficient (Wildman–Crippen LogP) is 3.71. The molecular formula is C23H33LiO3SSi. The van der Waals surface area contributed by atoms with E-state index < -0.39 is 8.32 Å². The molecule has 0 aliphatic carbocycles. The predicted molar refractivity (Wildman–Crippen MR) is 118 cm³/mol. The van der Waals surface area contributed by atoms with Gasteiger partial charge in [-0.15, -0.1) is 10.3 Å². The molecule has 2 heterocycles. The molecule has 2 atom stereocenters. The molecule has 0 amide bonds. The first-order chi connectivity index (χ1) is 13.3. The van der Waals surface area contributed by atoms with Crippen LogP contribution >= 0.6 is 11.3 Å². The first kappa shape index (κ1) is 24.9. The summed E-state index contributed by atoms with van der Waals surface area (Å²) in [5.41, 5.74) is 2.35. The molecule has 0 spiro atoms. The minimum absolute atomic E-state index is 0. The van der Waals surface area contributed by atoms with Crippen LogP contribution in [0.15, 0.2) is 35.7 Å². The number of rotatable bonds is 7. The second-order valence-corrected chi connectivity index (χ2v) is 14.8. The molecule has 29 heavy (non-hydrogen) atoms. The maximum absolute atomic E-state index is 6.43. The van der Waals surface area contributed by atoms with Crippen molar-refractivity contribution in [3.8, 4) is 0 Å². The van der Waals surface area contributed by atoms with E-state index in [2.05, 4.69) is 64.2 Å². The molecule has 3 nitrogen and oxygen atoms in total. The van der Waals surface area contributed by atoms with Crippen LogP contribution in [-0.2, 0) is 20.5 Å². The van der Waals surface area contributed by atoms with E-state index in [1.807, 2.05) is 11.4 Å². The minimum Gasteiger partial charge on any atom is -0.413 e. The molecule has 154 valence electrons. The summed E-state index contributed by atoms with van der Waals surface area (Å²) in [6.07, 6.45) is 2.99. The maximum atomic E-state index is 6.43. The van der Waals surface area contributed by atoms with Gasteiger partial charge in [0.2, 0.25) is 0 Å². The first-order valence-electron chi connectivity index (χ1n) is 10.2. The van der Waals surface area contributed by atoms with Gasteiger partial charge >= 0.3 is 18.9 Å². The molecule has 1 aliphatic heterocycles. The van der Waals surface area contributed by atoms with Crippen molar-refractivity contribution in [2.24, 2.45) is 0 Å². The van der Waals surface area contributed by atoms with Gasteiger partial charge in [0.05, 0.1) is 12.7 Å². The van der Waals surface area contributed by atoms with Crippen molar-refractivity contribution in [3.63, 3.8) is 0 Å². The SMILES string of the molecule is CC(C)(C)[Si](C)(C)OCc1cccc(C(OC2CCCCO2)c2c[c-]cs2)c1.[Li+]. The Morgan fingerprint density at radius 3 is 2.69 bits per heavy atom. The molecule has 1 aromatic heterocycles. The quantitative estimate of drug-likeness (QED) is 0.501. The average molecular weight is 425 g/mol. The van der Waals surface area contributed by atoms with Gasteiger partial charge < -0.3 is 13.9 Å². The summed E-state index contributed by atoms with van der Waals surface area (Å²) in [6.45, 7) is 12.8. The van der Waals surface area contributed by atoms with Crippen molar-refractivity contribution in [1.82, 2.24) is 0 Å². The van der Waals surface area contributed by atoms with Crippen molar-refractivity contribution in [3.05, 3.63) is 57.8 Å². The van der Waals surface area contributed by atoms with Gasteiger partial charge in [-0.25, -0.2) is 12.1 Å². The van der Waals surface area contributed by atoms with Crippen molar-refractivity contribution >= 4 is 19.7 Å². The van der Waals surface area contributed by atoms with Crippen LogP contribution in [0, 0.1) is 6.07 Å². The maximum Gasteiger partial charge on any atom is 1.00 e. The van der Waals surface area contributed by atoms with Crippen molar-refractivity contribution in [1.29, 1.82) is 0 Å². The van der Waals surface area contributed by atoms with Gasteiger partial charge in [0.15, 0.2) is 14.6 Å². The summed E-state index contributed by atoms with van der Waals surface area (Å²) >= 11 is 1.68. The molecule has 0 saturated carbocycles. The smallest absolute Gasteiger partial charge is 0.413 e. The number of hydrogen-bond acceptors (Lipinski definition) is 4. The Morgan fingerprint density at radius 1 is 1.28 bits per heavy atom. The third kappa shape index (κ3) is 6.80. The topological polar surface area (TPSA) is 27.7 Å². The first-order valence-corrected chi connectivity index (χ1v) is 14.0. The van der Waals surface area contributed by atoms with Crippen LogP contribution < -0.4 is 18.9 Å². The van der Waals surface area contributed by atoms with Crippen LogP contribution in [0.25, 0.3) is 0 Å². The normalized spacial score (nSPS) is 18.9. The van der Waals surface area contributed by atoms with Gasteiger partial charge in [-0.2, -0.15) is 0 Å². The number of benzene rings is 1. The minimum atomic E-state index is -1.77. The molecule has 0 N–H and O–H groups in total. The average Bonchev–Trinajstić information content (AvgIpc) is 3.19. The molecule has 2 aromatic rings. The fourth-order valence-corrected chi connectivity index (χ4v) is 4.68. The molecule has 1 saturated heterocycles. The molecule has 1 aliphatic rings. The molecule has 0 radical (unpaired) electrons. The second kappa shape index (κ2) is 10.8. The fourth-order valence-electron chi connectivity index (χ4n) is 3.00. The van der Waals surface area contributed by atoms with E-state index in [4.69, 9.17) is 13.9 Å².